The van der Waals surface area contributed by atoms with Gasteiger partial charge in [-0.2, -0.15) is 0 Å². The fraction of sp³-hybridized carbons (Fsp3) is 0.463. The van der Waals surface area contributed by atoms with Crippen LogP contribution in [-0.2, 0) is 38.3 Å². The van der Waals surface area contributed by atoms with Gasteiger partial charge >= 0.3 is 5.97 Å². The van der Waals surface area contributed by atoms with Crippen molar-refractivity contribution >= 4 is 82.1 Å². The predicted molar refractivity (Wildman–Crippen MR) is 225 cm³/mol. The number of thioether (sulfide) groups is 2. The zero-order chi connectivity index (χ0) is 41.9. The lowest BCUT2D eigenvalue weighted by Gasteiger charge is -2.16. The number of nitrogens with one attached hydrogen (secondary N) is 4. The summed E-state index contributed by atoms with van der Waals surface area (Å²) in [4.78, 5) is 94.9. The molecule has 58 heavy (non-hydrogen) atoms. The highest BCUT2D eigenvalue weighted by Gasteiger charge is 2.40. The van der Waals surface area contributed by atoms with Gasteiger partial charge in [0.2, 0.25) is 41.3 Å². The van der Waals surface area contributed by atoms with Crippen molar-refractivity contribution in [2.75, 3.05) is 55.9 Å². The third-order valence-corrected chi connectivity index (χ3v) is 12.8. The number of hydrogen-bond acceptors (Lipinski definition) is 11. The van der Waals surface area contributed by atoms with Gasteiger partial charge in [0, 0.05) is 87.7 Å². The maximum Gasteiger partial charge on any atom is 0.302 e. The first-order valence-electron chi connectivity index (χ1n) is 19.4. The molecule has 0 aromatic heterocycles. The van der Waals surface area contributed by atoms with E-state index in [0.717, 1.165) is 52.1 Å². The normalized spacial score (nSPS) is 18.7. The Morgan fingerprint density at radius 1 is 0.862 bits per heavy atom. The molecule has 3 aliphatic rings. The summed E-state index contributed by atoms with van der Waals surface area (Å²) >= 11 is 2.87. The van der Waals surface area contributed by atoms with Crippen molar-refractivity contribution in [2.45, 2.75) is 74.7 Å². The second-order valence-corrected chi connectivity index (χ2v) is 16.9. The minimum atomic E-state index is -0.478. The van der Waals surface area contributed by atoms with Crippen LogP contribution in [0.2, 0.25) is 0 Å². The summed E-state index contributed by atoms with van der Waals surface area (Å²) in [5.41, 5.74) is 10.8. The number of carbonyl (C=O) groups excluding carboxylic acids is 7. The van der Waals surface area contributed by atoms with E-state index in [0.29, 0.717) is 35.1 Å². The Bertz CT molecular complexity index is 1990. The summed E-state index contributed by atoms with van der Waals surface area (Å²) in [6.07, 6.45) is 3.07. The van der Waals surface area contributed by atoms with E-state index in [1.54, 1.807) is 31.3 Å². The molecule has 1 aliphatic carbocycles. The molecule has 5 rings (SSSR count). The molecule has 15 nitrogen and oxygen atoms in total. The summed E-state index contributed by atoms with van der Waals surface area (Å²) in [5.74, 6) is -0.745. The molecule has 6 amide bonds. The number of nitrogens with zero attached hydrogens (tertiary/aromatic N) is 2. The zero-order valence-corrected chi connectivity index (χ0v) is 34.8. The lowest BCUT2D eigenvalue weighted by Crippen LogP contribution is -2.70. The minimum absolute atomic E-state index is 0.0201. The molecule has 6 N–H and O–H groups in total. The number of fused-ring (bicyclic) bond motifs is 3. The van der Waals surface area contributed by atoms with Gasteiger partial charge in [0.25, 0.3) is 0 Å². The van der Waals surface area contributed by atoms with Crippen molar-refractivity contribution in [1.29, 1.82) is 0 Å². The maximum absolute atomic E-state index is 13.3. The van der Waals surface area contributed by atoms with Crippen LogP contribution >= 0.6 is 23.5 Å². The number of imide groups is 2. The molecule has 2 aliphatic heterocycles. The van der Waals surface area contributed by atoms with E-state index in [1.807, 2.05) is 19.2 Å². The molecule has 2 fully saturated rings. The number of ether oxygens (including phenoxy) is 1. The predicted octanol–water partition coefficient (Wildman–Crippen LogP) is 2.10. The first kappa shape index (κ1) is 44.0. The molecule has 0 saturated carbocycles. The molecule has 3 unspecified atom stereocenters. The lowest BCUT2D eigenvalue weighted by molar-refractivity contribution is -0.422. The maximum atomic E-state index is 13.3. The quantitative estimate of drug-likeness (QED) is 0.0403. The van der Waals surface area contributed by atoms with E-state index in [1.165, 1.54) is 35.3 Å². The van der Waals surface area contributed by atoms with Crippen molar-refractivity contribution < 1.29 is 43.3 Å². The van der Waals surface area contributed by atoms with Crippen LogP contribution in [-0.4, -0.2) is 113 Å². The first-order chi connectivity index (χ1) is 27.8. The molecular weight excluding hydrogens is 783 g/mol. The van der Waals surface area contributed by atoms with Crippen molar-refractivity contribution in [3.05, 3.63) is 59.8 Å². The summed E-state index contributed by atoms with van der Waals surface area (Å²) in [7, 11) is 3.56. The summed E-state index contributed by atoms with van der Waals surface area (Å²) in [6.45, 7) is 5.17. The standard InChI is InChI=1S/C41H51N7O8S2/c1-24(43-3)8-6-18-57-32-21-38(53)48(40(32)54)17-15-36(51)46-31-10-5-9-27-30(23-56-25(2)49)29-20-26(12-13-28(29)39(27)31)45-35(50)14-16-47-37(52)22-33(41(47)55)58-19-7-11-34(42)44-4/h5,9-10,12-13,20,30,32-33,43H,1,6-8,11,14-19,21-23H2,2-4H3,(H2,42,44)(H,45,50)(H,46,51)/p+1. The monoisotopic (exact) mass is 834 g/mol. The smallest absolute Gasteiger partial charge is 0.302 e. The van der Waals surface area contributed by atoms with Crippen LogP contribution in [0.25, 0.3) is 11.1 Å². The van der Waals surface area contributed by atoms with Gasteiger partial charge in [-0.05, 0) is 65.7 Å². The summed E-state index contributed by atoms with van der Waals surface area (Å²) < 4.78 is 5.45. The number of likely N-dealkylation sites (tertiary alicyclic amines) is 2. The van der Waals surface area contributed by atoms with E-state index in [9.17, 15) is 33.6 Å². The Hall–Kier alpha value is -5.16. The van der Waals surface area contributed by atoms with Crippen LogP contribution < -0.4 is 26.7 Å². The highest BCUT2D eigenvalue weighted by atomic mass is 32.2. The molecule has 17 heteroatoms. The van der Waals surface area contributed by atoms with E-state index >= 15 is 0 Å². The molecule has 2 aromatic carbocycles. The van der Waals surface area contributed by atoms with E-state index in [4.69, 9.17) is 10.5 Å². The number of anilines is 2. The fourth-order valence-electron chi connectivity index (χ4n) is 7.12. The van der Waals surface area contributed by atoms with Crippen LogP contribution in [0, 0.1) is 0 Å². The summed E-state index contributed by atoms with van der Waals surface area (Å²) in [5, 5.41) is 7.89. The van der Waals surface area contributed by atoms with Gasteiger partial charge in [0.1, 0.15) is 6.61 Å². The third kappa shape index (κ3) is 11.1. The van der Waals surface area contributed by atoms with Crippen molar-refractivity contribution in [3.63, 3.8) is 0 Å². The number of amides is 6. The Morgan fingerprint density at radius 2 is 1.47 bits per heavy atom. The number of allylic oxidation sites excluding steroid dienone is 1. The Morgan fingerprint density at radius 3 is 2.05 bits per heavy atom. The van der Waals surface area contributed by atoms with Gasteiger partial charge in [-0.1, -0.05) is 24.8 Å². The molecule has 0 bridgehead atoms. The molecular formula is C41H52N7O8S2+. The highest BCUT2D eigenvalue weighted by molar-refractivity contribution is 8.00. The second-order valence-electron chi connectivity index (χ2n) is 14.3. The number of amidine groups is 1. The molecule has 310 valence electrons. The number of esters is 1. The number of nitrogens with two attached hydrogens (primary N) is 1. The van der Waals surface area contributed by atoms with E-state index in [-0.39, 0.29) is 80.8 Å². The Kier molecular flexibility index (Phi) is 15.5. The average Bonchev–Trinajstić information content (AvgIpc) is 3.77. The topological polar surface area (TPSA) is 211 Å². The van der Waals surface area contributed by atoms with Crippen LogP contribution in [0.3, 0.4) is 0 Å². The highest BCUT2D eigenvalue weighted by Crippen LogP contribution is 2.49. The van der Waals surface area contributed by atoms with Crippen LogP contribution in [0.1, 0.15) is 75.3 Å². The zero-order valence-electron chi connectivity index (χ0n) is 33.1. The molecule has 0 spiro atoms. The largest absolute Gasteiger partial charge is 0.465 e. The number of rotatable bonds is 21. The molecule has 2 aromatic rings. The minimum Gasteiger partial charge on any atom is -0.465 e. The van der Waals surface area contributed by atoms with Gasteiger partial charge < -0.3 is 20.7 Å². The SMILES string of the molecule is C=C(CCCSC1CC(=O)N(CCC(=O)Nc2cccc3c2-c2ccc(NC(=O)CCN4C(=O)CC(SCCCC(N)=[NH+]C)C4=O)cc2C3COC(C)=O)C1=O)NC. The Labute approximate surface area is 346 Å². The van der Waals surface area contributed by atoms with Crippen molar-refractivity contribution in [3.8, 4) is 11.1 Å². The summed E-state index contributed by atoms with van der Waals surface area (Å²) in [6, 6.07) is 10.8. The van der Waals surface area contributed by atoms with Gasteiger partial charge in [0.05, 0.1) is 17.5 Å². The Balaban J connectivity index is 1.20. The average molecular weight is 835 g/mol. The number of carbonyl (C=O) groups is 7. The van der Waals surface area contributed by atoms with Gasteiger partial charge in [-0.25, -0.2) is 0 Å². The molecule has 0 radical (unpaired) electrons. The fourth-order valence-corrected chi connectivity index (χ4v) is 9.37. The third-order valence-electron chi connectivity index (χ3n) is 10.2. The van der Waals surface area contributed by atoms with Crippen LogP contribution in [0.4, 0.5) is 11.4 Å². The molecule has 2 heterocycles. The first-order valence-corrected chi connectivity index (χ1v) is 21.5. The van der Waals surface area contributed by atoms with Gasteiger partial charge in [0.15, 0.2) is 0 Å². The van der Waals surface area contributed by atoms with E-state index in [2.05, 4.69) is 27.5 Å². The van der Waals surface area contributed by atoms with Crippen molar-refractivity contribution in [1.82, 2.24) is 15.1 Å². The van der Waals surface area contributed by atoms with E-state index < -0.39 is 22.4 Å². The molecule has 2 saturated heterocycles. The number of hydrogen-bond donors (Lipinski definition) is 5. The van der Waals surface area contributed by atoms with Gasteiger partial charge in [-0.15, -0.1) is 23.5 Å². The lowest BCUT2D eigenvalue weighted by atomic mass is 9.97. The molecule has 3 atom stereocenters. The van der Waals surface area contributed by atoms with Gasteiger partial charge in [-0.3, -0.25) is 54.1 Å². The van der Waals surface area contributed by atoms with Crippen LogP contribution in [0.5, 0.6) is 0 Å². The second kappa shape index (κ2) is 20.5. The number of benzene rings is 2. The van der Waals surface area contributed by atoms with Crippen LogP contribution in [0.15, 0.2) is 48.7 Å². The van der Waals surface area contributed by atoms with Crippen molar-refractivity contribution in [2.24, 2.45) is 5.73 Å².